The van der Waals surface area contributed by atoms with Gasteiger partial charge in [-0.25, -0.2) is 9.37 Å². The van der Waals surface area contributed by atoms with Crippen molar-refractivity contribution in [1.82, 2.24) is 9.88 Å². The number of carbonyl (C=O) groups excluding carboxylic acids is 1. The van der Waals surface area contributed by atoms with Gasteiger partial charge in [0, 0.05) is 31.6 Å². The summed E-state index contributed by atoms with van der Waals surface area (Å²) in [5.41, 5.74) is 0.439. The monoisotopic (exact) mass is 278 g/mol. The largest absolute Gasteiger partial charge is 0.345 e. The maximum absolute atomic E-state index is 13.4. The van der Waals surface area contributed by atoms with E-state index in [0.29, 0.717) is 12.1 Å². The molecule has 0 spiro atoms. The van der Waals surface area contributed by atoms with Crippen LogP contribution in [0.15, 0.2) is 35.8 Å². The molecule has 0 unspecified atom stereocenters. The van der Waals surface area contributed by atoms with Crippen LogP contribution in [0.3, 0.4) is 0 Å². The molecular formula is C14H15FN2OS. The number of halogens is 1. The number of aromatic nitrogens is 1. The Morgan fingerprint density at radius 3 is 2.89 bits per heavy atom. The van der Waals surface area contributed by atoms with Crippen molar-refractivity contribution in [2.75, 3.05) is 13.6 Å². The molecule has 5 heteroatoms. The molecule has 0 saturated carbocycles. The molecule has 0 saturated heterocycles. The van der Waals surface area contributed by atoms with Crippen LogP contribution in [0.1, 0.15) is 10.6 Å². The Labute approximate surface area is 115 Å². The first-order valence-electron chi connectivity index (χ1n) is 6.02. The van der Waals surface area contributed by atoms with Crippen LogP contribution in [-0.4, -0.2) is 29.4 Å². The molecule has 1 amide bonds. The number of amides is 1. The molecule has 1 heterocycles. The fourth-order valence-corrected chi connectivity index (χ4v) is 2.31. The van der Waals surface area contributed by atoms with Crippen LogP contribution in [0.4, 0.5) is 4.39 Å². The first-order chi connectivity index (χ1) is 9.16. The van der Waals surface area contributed by atoms with Gasteiger partial charge in [0.1, 0.15) is 5.82 Å². The van der Waals surface area contributed by atoms with Crippen LogP contribution >= 0.6 is 11.3 Å². The highest BCUT2D eigenvalue weighted by Gasteiger charge is 2.12. The van der Waals surface area contributed by atoms with Gasteiger partial charge in [-0.3, -0.25) is 4.79 Å². The SMILES string of the molecule is CN(CCc1nccs1)C(=O)Cc1ccccc1F. The first-order valence-corrected chi connectivity index (χ1v) is 6.90. The summed E-state index contributed by atoms with van der Waals surface area (Å²) in [4.78, 5) is 17.8. The molecule has 0 atom stereocenters. The summed E-state index contributed by atoms with van der Waals surface area (Å²) < 4.78 is 13.4. The fourth-order valence-electron chi connectivity index (χ4n) is 1.70. The lowest BCUT2D eigenvalue weighted by atomic mass is 10.1. The second kappa shape index (κ2) is 6.43. The van der Waals surface area contributed by atoms with Crippen molar-refractivity contribution >= 4 is 17.2 Å². The van der Waals surface area contributed by atoms with E-state index in [-0.39, 0.29) is 18.1 Å². The number of benzene rings is 1. The predicted octanol–water partition coefficient (Wildman–Crippen LogP) is 2.53. The van der Waals surface area contributed by atoms with Crippen molar-refractivity contribution < 1.29 is 9.18 Å². The average Bonchev–Trinajstić information content (AvgIpc) is 2.91. The number of nitrogens with zero attached hydrogens (tertiary/aromatic N) is 2. The smallest absolute Gasteiger partial charge is 0.226 e. The lowest BCUT2D eigenvalue weighted by molar-refractivity contribution is -0.129. The van der Waals surface area contributed by atoms with E-state index in [4.69, 9.17) is 0 Å². The third kappa shape index (κ3) is 3.86. The van der Waals surface area contributed by atoms with Gasteiger partial charge in [0.2, 0.25) is 5.91 Å². The molecule has 0 aliphatic carbocycles. The number of hydrogen-bond donors (Lipinski definition) is 0. The van der Waals surface area contributed by atoms with E-state index < -0.39 is 0 Å². The number of hydrogen-bond acceptors (Lipinski definition) is 3. The highest BCUT2D eigenvalue weighted by atomic mass is 32.1. The summed E-state index contributed by atoms with van der Waals surface area (Å²) in [6.45, 7) is 0.598. The van der Waals surface area contributed by atoms with Gasteiger partial charge in [-0.2, -0.15) is 0 Å². The van der Waals surface area contributed by atoms with Crippen molar-refractivity contribution in [3.63, 3.8) is 0 Å². The topological polar surface area (TPSA) is 33.2 Å². The van der Waals surface area contributed by atoms with Crippen molar-refractivity contribution in [2.24, 2.45) is 0 Å². The molecule has 1 aromatic carbocycles. The van der Waals surface area contributed by atoms with Gasteiger partial charge in [0.15, 0.2) is 0 Å². The zero-order valence-electron chi connectivity index (χ0n) is 10.7. The lowest BCUT2D eigenvalue weighted by Crippen LogP contribution is -2.30. The van der Waals surface area contributed by atoms with Crippen LogP contribution in [0, 0.1) is 5.82 Å². The summed E-state index contributed by atoms with van der Waals surface area (Å²) in [5, 5.41) is 2.92. The fraction of sp³-hybridized carbons (Fsp3) is 0.286. The maximum Gasteiger partial charge on any atom is 0.226 e. The van der Waals surface area contributed by atoms with E-state index in [9.17, 15) is 9.18 Å². The number of rotatable bonds is 5. The van der Waals surface area contributed by atoms with E-state index >= 15 is 0 Å². The molecular weight excluding hydrogens is 263 g/mol. The first kappa shape index (κ1) is 13.7. The minimum absolute atomic E-state index is 0.0818. The number of thiazole rings is 1. The number of likely N-dealkylation sites (N-methyl/N-ethyl adjacent to an activating group) is 1. The van der Waals surface area contributed by atoms with Gasteiger partial charge in [-0.1, -0.05) is 18.2 Å². The highest BCUT2D eigenvalue weighted by Crippen LogP contribution is 2.09. The minimum atomic E-state index is -0.329. The molecule has 100 valence electrons. The van der Waals surface area contributed by atoms with Crippen LogP contribution in [0.25, 0.3) is 0 Å². The van der Waals surface area contributed by atoms with Crippen LogP contribution in [-0.2, 0) is 17.6 Å². The molecule has 0 radical (unpaired) electrons. The van der Waals surface area contributed by atoms with Crippen molar-refractivity contribution in [3.05, 3.63) is 52.2 Å². The Balaban J connectivity index is 1.87. The van der Waals surface area contributed by atoms with E-state index in [2.05, 4.69) is 4.98 Å². The standard InChI is InChI=1S/C14H15FN2OS/c1-17(8-6-13-16-7-9-19-13)14(18)10-11-4-2-3-5-12(11)15/h2-5,7,9H,6,8,10H2,1H3. The molecule has 0 aliphatic heterocycles. The number of carbonyl (C=O) groups is 1. The van der Waals surface area contributed by atoms with Gasteiger partial charge in [0.05, 0.1) is 11.4 Å². The second-order valence-electron chi connectivity index (χ2n) is 4.26. The highest BCUT2D eigenvalue weighted by molar-refractivity contribution is 7.09. The molecule has 0 bridgehead atoms. The Kier molecular flexibility index (Phi) is 4.63. The van der Waals surface area contributed by atoms with E-state index in [0.717, 1.165) is 11.4 Å². The van der Waals surface area contributed by atoms with Crippen LogP contribution in [0.2, 0.25) is 0 Å². The Morgan fingerprint density at radius 2 is 2.21 bits per heavy atom. The molecule has 1 aromatic heterocycles. The van der Waals surface area contributed by atoms with Gasteiger partial charge >= 0.3 is 0 Å². The summed E-state index contributed by atoms with van der Waals surface area (Å²) in [6, 6.07) is 6.37. The van der Waals surface area contributed by atoms with Gasteiger partial charge in [0.25, 0.3) is 0 Å². The molecule has 2 aromatic rings. The Bertz CT molecular complexity index is 542. The van der Waals surface area contributed by atoms with Gasteiger partial charge in [-0.15, -0.1) is 11.3 Å². The Hall–Kier alpha value is -1.75. The van der Waals surface area contributed by atoms with E-state index in [1.807, 2.05) is 5.38 Å². The molecule has 19 heavy (non-hydrogen) atoms. The quantitative estimate of drug-likeness (QED) is 0.842. The van der Waals surface area contributed by atoms with E-state index in [1.165, 1.54) is 6.07 Å². The Morgan fingerprint density at radius 1 is 1.42 bits per heavy atom. The minimum Gasteiger partial charge on any atom is -0.345 e. The van der Waals surface area contributed by atoms with Gasteiger partial charge < -0.3 is 4.90 Å². The average molecular weight is 278 g/mol. The molecule has 0 N–H and O–H groups in total. The zero-order valence-corrected chi connectivity index (χ0v) is 11.5. The summed E-state index contributed by atoms with van der Waals surface area (Å²) in [7, 11) is 1.73. The maximum atomic E-state index is 13.4. The molecule has 3 nitrogen and oxygen atoms in total. The van der Waals surface area contributed by atoms with Crippen molar-refractivity contribution in [2.45, 2.75) is 12.8 Å². The lowest BCUT2D eigenvalue weighted by Gasteiger charge is -2.16. The predicted molar refractivity (Wildman–Crippen MR) is 73.6 cm³/mol. The third-order valence-electron chi connectivity index (χ3n) is 2.87. The van der Waals surface area contributed by atoms with E-state index in [1.54, 1.807) is 47.7 Å². The second-order valence-corrected chi connectivity index (χ2v) is 5.24. The van der Waals surface area contributed by atoms with Crippen molar-refractivity contribution in [3.8, 4) is 0 Å². The third-order valence-corrected chi connectivity index (χ3v) is 3.71. The van der Waals surface area contributed by atoms with Crippen LogP contribution < -0.4 is 0 Å². The molecule has 0 aliphatic rings. The van der Waals surface area contributed by atoms with Crippen LogP contribution in [0.5, 0.6) is 0 Å². The van der Waals surface area contributed by atoms with Crippen molar-refractivity contribution in [1.29, 1.82) is 0 Å². The summed E-state index contributed by atoms with van der Waals surface area (Å²) in [6.07, 6.45) is 2.58. The molecule has 0 fully saturated rings. The zero-order chi connectivity index (χ0) is 13.7. The van der Waals surface area contributed by atoms with Gasteiger partial charge in [-0.05, 0) is 11.6 Å². The summed E-state index contributed by atoms with van der Waals surface area (Å²) in [5.74, 6) is -0.411. The normalized spacial score (nSPS) is 10.4. The molecule has 2 rings (SSSR count). The summed E-state index contributed by atoms with van der Waals surface area (Å²) >= 11 is 1.57.